The first-order valence-electron chi connectivity index (χ1n) is 19.7. The summed E-state index contributed by atoms with van der Waals surface area (Å²) in [7, 11) is 0. The van der Waals surface area contributed by atoms with Crippen molar-refractivity contribution in [1.29, 1.82) is 0 Å². The van der Waals surface area contributed by atoms with Gasteiger partial charge in [0.05, 0.1) is 11.0 Å². The monoisotopic (exact) mass is 757 g/mol. The Hall–Kier alpha value is -7.40. The number of rotatable bonds is 4. The van der Waals surface area contributed by atoms with Gasteiger partial charge in [0.25, 0.3) is 0 Å². The highest BCUT2D eigenvalue weighted by molar-refractivity contribution is 7.26. The van der Waals surface area contributed by atoms with Crippen molar-refractivity contribution >= 4 is 97.2 Å². The standard InChI is InChI=1S/C54H31NO2S/c1-4-19-47-39(10-1)43-30-33(24-28-49(43)56-47)36-13-8-17-45-52(36)53-37(34-25-29-50-44(31-34)40-11-2-5-20-48(40)57-50)14-9-18-46(53)55(45)35-26-22-32(23-27-35)38-15-7-16-42-41-12-3-6-21-51(41)58-54(38)42/h1-31H. The first kappa shape index (κ1) is 31.8. The van der Waals surface area contributed by atoms with E-state index in [1.807, 2.05) is 35.6 Å². The molecule has 0 atom stereocenters. The van der Waals surface area contributed by atoms with E-state index in [-0.39, 0.29) is 0 Å². The summed E-state index contributed by atoms with van der Waals surface area (Å²) in [5.74, 6) is 0. The molecule has 0 aliphatic heterocycles. The lowest BCUT2D eigenvalue weighted by Gasteiger charge is -2.11. The molecule has 0 N–H and O–H groups in total. The minimum atomic E-state index is 0.896. The Kier molecular flexibility index (Phi) is 6.60. The van der Waals surface area contributed by atoms with Gasteiger partial charge in [-0.1, -0.05) is 121 Å². The van der Waals surface area contributed by atoms with Crippen LogP contribution in [0, 0.1) is 0 Å². The third kappa shape index (κ3) is 4.55. The zero-order valence-electron chi connectivity index (χ0n) is 31.1. The maximum absolute atomic E-state index is 6.27. The Morgan fingerprint density at radius 1 is 0.345 bits per heavy atom. The van der Waals surface area contributed by atoms with Crippen LogP contribution in [-0.4, -0.2) is 4.57 Å². The topological polar surface area (TPSA) is 31.2 Å². The summed E-state index contributed by atoms with van der Waals surface area (Å²) in [6.07, 6.45) is 0. The second-order valence-corrected chi connectivity index (χ2v) is 16.2. The lowest BCUT2D eigenvalue weighted by atomic mass is 9.93. The molecule has 0 radical (unpaired) electrons. The maximum atomic E-state index is 6.27. The normalized spacial score (nSPS) is 12.1. The van der Waals surface area contributed by atoms with E-state index in [0.717, 1.165) is 71.7 Å². The van der Waals surface area contributed by atoms with Gasteiger partial charge in [0.1, 0.15) is 22.3 Å². The van der Waals surface area contributed by atoms with E-state index >= 15 is 0 Å². The van der Waals surface area contributed by atoms with Crippen LogP contribution in [0.25, 0.3) is 125 Å². The maximum Gasteiger partial charge on any atom is 0.135 e. The third-order valence-electron chi connectivity index (χ3n) is 12.0. The second kappa shape index (κ2) is 12.1. The molecule has 13 rings (SSSR count). The smallest absolute Gasteiger partial charge is 0.135 e. The van der Waals surface area contributed by atoms with Gasteiger partial charge in [-0.05, 0) is 100 Å². The largest absolute Gasteiger partial charge is 0.456 e. The van der Waals surface area contributed by atoms with Crippen LogP contribution in [0.4, 0.5) is 0 Å². The van der Waals surface area contributed by atoms with E-state index in [0.29, 0.717) is 0 Å². The van der Waals surface area contributed by atoms with Crippen LogP contribution in [0.15, 0.2) is 197 Å². The average molecular weight is 758 g/mol. The van der Waals surface area contributed by atoms with E-state index in [2.05, 4.69) is 168 Å². The average Bonchev–Trinajstić information content (AvgIpc) is 4.05. The predicted octanol–water partition coefficient (Wildman–Crippen LogP) is 16.0. The highest BCUT2D eigenvalue weighted by Crippen LogP contribution is 2.46. The molecule has 0 aliphatic carbocycles. The minimum absolute atomic E-state index is 0.896. The van der Waals surface area contributed by atoms with E-state index in [9.17, 15) is 0 Å². The number of aromatic nitrogens is 1. The summed E-state index contributed by atoms with van der Waals surface area (Å²) in [6, 6.07) is 67.9. The van der Waals surface area contributed by atoms with Gasteiger partial charge < -0.3 is 13.4 Å². The van der Waals surface area contributed by atoms with Crippen LogP contribution < -0.4 is 0 Å². The molecule has 270 valence electrons. The number of thiophene rings is 1. The summed E-state index contributed by atoms with van der Waals surface area (Å²) in [5.41, 5.74) is 14.2. The molecule has 0 fully saturated rings. The van der Waals surface area contributed by atoms with E-state index < -0.39 is 0 Å². The van der Waals surface area contributed by atoms with E-state index in [1.54, 1.807) is 0 Å². The van der Waals surface area contributed by atoms with Crippen molar-refractivity contribution in [2.24, 2.45) is 0 Å². The first-order valence-corrected chi connectivity index (χ1v) is 20.5. The number of furan rings is 2. The molecule has 0 saturated heterocycles. The minimum Gasteiger partial charge on any atom is -0.456 e. The fourth-order valence-electron chi connectivity index (χ4n) is 9.42. The van der Waals surface area contributed by atoms with Gasteiger partial charge in [-0.3, -0.25) is 0 Å². The summed E-state index contributed by atoms with van der Waals surface area (Å²) < 4.78 is 17.6. The molecule has 4 heterocycles. The second-order valence-electron chi connectivity index (χ2n) is 15.2. The Morgan fingerprint density at radius 2 is 0.828 bits per heavy atom. The van der Waals surface area contributed by atoms with Gasteiger partial charge in [-0.25, -0.2) is 0 Å². The molecule has 3 nitrogen and oxygen atoms in total. The first-order chi connectivity index (χ1) is 28.7. The van der Waals surface area contributed by atoms with Gasteiger partial charge in [-0.15, -0.1) is 11.3 Å². The zero-order chi connectivity index (χ0) is 37.9. The van der Waals surface area contributed by atoms with Crippen LogP contribution in [0.3, 0.4) is 0 Å². The van der Waals surface area contributed by atoms with Crippen molar-refractivity contribution in [3.05, 3.63) is 188 Å². The van der Waals surface area contributed by atoms with Crippen molar-refractivity contribution in [2.45, 2.75) is 0 Å². The lowest BCUT2D eigenvalue weighted by molar-refractivity contribution is 0.668. The molecular formula is C54H31NO2S. The summed E-state index contributed by atoms with van der Waals surface area (Å²) in [6.45, 7) is 0. The summed E-state index contributed by atoms with van der Waals surface area (Å²) in [4.78, 5) is 0. The number of benzene rings is 9. The number of hydrogen-bond donors (Lipinski definition) is 0. The molecule has 0 unspecified atom stereocenters. The molecule has 58 heavy (non-hydrogen) atoms. The predicted molar refractivity (Wildman–Crippen MR) is 245 cm³/mol. The fraction of sp³-hybridized carbons (Fsp3) is 0. The number of nitrogens with zero attached hydrogens (tertiary/aromatic N) is 1. The fourth-order valence-corrected chi connectivity index (χ4v) is 10.7. The number of para-hydroxylation sites is 2. The van der Waals surface area contributed by atoms with Gasteiger partial charge in [-0.2, -0.15) is 0 Å². The van der Waals surface area contributed by atoms with Crippen molar-refractivity contribution in [3.63, 3.8) is 0 Å². The molecule has 4 heteroatoms. The van der Waals surface area contributed by atoms with E-state index in [1.165, 1.54) is 53.2 Å². The number of hydrogen-bond acceptors (Lipinski definition) is 3. The summed E-state index contributed by atoms with van der Waals surface area (Å²) >= 11 is 1.87. The molecule has 0 amide bonds. The Bertz CT molecular complexity index is 3630. The van der Waals surface area contributed by atoms with Crippen molar-refractivity contribution < 1.29 is 8.83 Å². The number of fused-ring (bicyclic) bond motifs is 12. The Morgan fingerprint density at radius 3 is 1.45 bits per heavy atom. The van der Waals surface area contributed by atoms with Crippen LogP contribution in [0.2, 0.25) is 0 Å². The lowest BCUT2D eigenvalue weighted by Crippen LogP contribution is -1.94. The van der Waals surface area contributed by atoms with Gasteiger partial charge in [0.15, 0.2) is 0 Å². The molecular weight excluding hydrogens is 727 g/mol. The quantitative estimate of drug-likeness (QED) is 0.179. The highest BCUT2D eigenvalue weighted by Gasteiger charge is 2.21. The Labute approximate surface area is 336 Å². The SMILES string of the molecule is c1ccc2c(c1)oc1ccc(-c3cccc4c3c3c(-c5ccc6oc7ccccc7c6c5)cccc3n4-c3ccc(-c4cccc5c4sc4ccccc45)cc3)cc12. The van der Waals surface area contributed by atoms with Crippen LogP contribution in [0.1, 0.15) is 0 Å². The molecule has 13 aromatic rings. The van der Waals surface area contributed by atoms with Crippen molar-refractivity contribution in [2.75, 3.05) is 0 Å². The van der Waals surface area contributed by atoms with Gasteiger partial charge >= 0.3 is 0 Å². The van der Waals surface area contributed by atoms with Gasteiger partial charge in [0.2, 0.25) is 0 Å². The van der Waals surface area contributed by atoms with Crippen molar-refractivity contribution in [3.8, 4) is 39.1 Å². The van der Waals surface area contributed by atoms with Gasteiger partial charge in [0, 0.05) is 58.2 Å². The molecule has 0 bridgehead atoms. The molecule has 0 aliphatic rings. The molecule has 4 aromatic heterocycles. The van der Waals surface area contributed by atoms with Crippen LogP contribution in [-0.2, 0) is 0 Å². The zero-order valence-corrected chi connectivity index (χ0v) is 31.9. The highest BCUT2D eigenvalue weighted by atomic mass is 32.1. The summed E-state index contributed by atoms with van der Waals surface area (Å²) in [5, 5.41) is 9.56. The van der Waals surface area contributed by atoms with Crippen molar-refractivity contribution in [1.82, 2.24) is 4.57 Å². The van der Waals surface area contributed by atoms with E-state index in [4.69, 9.17) is 8.83 Å². The van der Waals surface area contributed by atoms with Crippen LogP contribution in [0.5, 0.6) is 0 Å². The molecule has 0 saturated carbocycles. The molecule has 9 aromatic carbocycles. The van der Waals surface area contributed by atoms with Crippen LogP contribution >= 0.6 is 11.3 Å². The third-order valence-corrected chi connectivity index (χ3v) is 13.3. The Balaban J connectivity index is 1.06. The molecule has 0 spiro atoms.